The minimum Gasteiger partial charge on any atom is -0.507 e. The van der Waals surface area contributed by atoms with E-state index in [4.69, 9.17) is 0 Å². The van der Waals surface area contributed by atoms with Gasteiger partial charge in [0.15, 0.2) is 11.5 Å². The van der Waals surface area contributed by atoms with E-state index in [1.165, 1.54) is 0 Å². The Balaban J connectivity index is 2.56. The van der Waals surface area contributed by atoms with Crippen LogP contribution in [0.3, 0.4) is 0 Å². The number of hydrogen-bond acceptors (Lipinski definition) is 3. The average Bonchev–Trinajstić information content (AvgIpc) is 2.34. The molecule has 3 nitrogen and oxygen atoms in total. The Morgan fingerprint density at radius 2 is 1.24 bits per heavy atom. The molecular weight excluding hydrogens is 216 g/mol. The molecule has 0 aromatic heterocycles. The molecular formula is C14H10O3. The van der Waals surface area contributed by atoms with Crippen LogP contribution in [-0.2, 0) is 0 Å². The van der Waals surface area contributed by atoms with Gasteiger partial charge in [0.25, 0.3) is 0 Å². The lowest BCUT2D eigenvalue weighted by molar-refractivity contribution is 0.402. The molecule has 17 heavy (non-hydrogen) atoms. The van der Waals surface area contributed by atoms with Crippen molar-refractivity contribution < 1.29 is 15.3 Å². The number of phenols is 3. The summed E-state index contributed by atoms with van der Waals surface area (Å²) >= 11 is 0. The summed E-state index contributed by atoms with van der Waals surface area (Å²) in [6.07, 6.45) is 0. The van der Waals surface area contributed by atoms with Crippen LogP contribution >= 0.6 is 0 Å². The predicted octanol–water partition coefficient (Wildman–Crippen LogP) is 3.11. The van der Waals surface area contributed by atoms with E-state index in [0.717, 1.165) is 16.8 Å². The molecule has 0 spiro atoms. The number of aromatic hydroxyl groups is 3. The van der Waals surface area contributed by atoms with E-state index in [1.54, 1.807) is 12.1 Å². The van der Waals surface area contributed by atoms with Crippen molar-refractivity contribution in [2.75, 3.05) is 0 Å². The summed E-state index contributed by atoms with van der Waals surface area (Å²) in [5.41, 5.74) is 0. The van der Waals surface area contributed by atoms with Gasteiger partial charge in [-0.1, -0.05) is 24.3 Å². The van der Waals surface area contributed by atoms with Crippen LogP contribution in [0.15, 0.2) is 42.5 Å². The molecule has 3 N–H and O–H groups in total. The number of phenolic OH excluding ortho intramolecular Hbond substituents is 3. The molecule has 0 heterocycles. The number of fused-ring (bicyclic) bond motifs is 2. The SMILES string of the molecule is Oc1cc(O)c2cc3ccccc3cc2c1O. The van der Waals surface area contributed by atoms with Gasteiger partial charge in [-0.05, 0) is 22.9 Å². The molecule has 0 aliphatic carbocycles. The molecule has 3 aromatic rings. The van der Waals surface area contributed by atoms with E-state index in [0.29, 0.717) is 10.8 Å². The lowest BCUT2D eigenvalue weighted by Gasteiger charge is -2.07. The Morgan fingerprint density at radius 3 is 1.88 bits per heavy atom. The normalized spacial score (nSPS) is 11.1. The number of rotatable bonds is 0. The highest BCUT2D eigenvalue weighted by molar-refractivity contribution is 6.04. The molecule has 0 atom stereocenters. The lowest BCUT2D eigenvalue weighted by Crippen LogP contribution is -1.79. The molecule has 3 rings (SSSR count). The van der Waals surface area contributed by atoms with Gasteiger partial charge in [-0.25, -0.2) is 0 Å². The van der Waals surface area contributed by atoms with Gasteiger partial charge >= 0.3 is 0 Å². The number of benzene rings is 3. The fourth-order valence-corrected chi connectivity index (χ4v) is 2.06. The van der Waals surface area contributed by atoms with Crippen LogP contribution in [0.4, 0.5) is 0 Å². The zero-order valence-corrected chi connectivity index (χ0v) is 8.88. The Morgan fingerprint density at radius 1 is 0.647 bits per heavy atom. The summed E-state index contributed by atoms with van der Waals surface area (Å²) in [6.45, 7) is 0. The van der Waals surface area contributed by atoms with Crippen molar-refractivity contribution in [2.24, 2.45) is 0 Å². The topological polar surface area (TPSA) is 60.7 Å². The van der Waals surface area contributed by atoms with Gasteiger partial charge in [-0.15, -0.1) is 0 Å². The summed E-state index contributed by atoms with van der Waals surface area (Å²) in [7, 11) is 0. The van der Waals surface area contributed by atoms with Crippen molar-refractivity contribution in [3.05, 3.63) is 42.5 Å². The van der Waals surface area contributed by atoms with Crippen LogP contribution < -0.4 is 0 Å². The molecule has 0 bridgehead atoms. The number of hydrogen-bond donors (Lipinski definition) is 3. The average molecular weight is 226 g/mol. The summed E-state index contributed by atoms with van der Waals surface area (Å²) in [6, 6.07) is 12.3. The zero-order valence-electron chi connectivity index (χ0n) is 8.88. The quantitative estimate of drug-likeness (QED) is 0.313. The standard InChI is InChI=1S/C14H10O3/c15-12-7-13(16)14(17)11-6-9-4-2-1-3-8(9)5-10(11)12/h1-7,15-17H. The first-order valence-electron chi connectivity index (χ1n) is 5.23. The van der Waals surface area contributed by atoms with Gasteiger partial charge in [0.2, 0.25) is 0 Å². The van der Waals surface area contributed by atoms with Gasteiger partial charge in [0, 0.05) is 16.8 Å². The fourth-order valence-electron chi connectivity index (χ4n) is 2.06. The maximum atomic E-state index is 9.78. The third-order valence-corrected chi connectivity index (χ3v) is 2.93. The molecule has 0 radical (unpaired) electrons. The minimum absolute atomic E-state index is 0.0407. The highest BCUT2D eigenvalue weighted by Crippen LogP contribution is 2.40. The first kappa shape index (κ1) is 9.78. The molecule has 3 aromatic carbocycles. The Kier molecular flexibility index (Phi) is 1.89. The first-order valence-corrected chi connectivity index (χ1v) is 5.23. The van der Waals surface area contributed by atoms with Crippen LogP contribution in [0, 0.1) is 0 Å². The van der Waals surface area contributed by atoms with Crippen molar-refractivity contribution in [1.82, 2.24) is 0 Å². The van der Waals surface area contributed by atoms with Gasteiger partial charge in [0.1, 0.15) is 5.75 Å². The summed E-state index contributed by atoms with van der Waals surface area (Å²) in [5.74, 6) is -0.560. The second kappa shape index (κ2) is 3.28. The van der Waals surface area contributed by atoms with Crippen molar-refractivity contribution in [1.29, 1.82) is 0 Å². The second-order valence-corrected chi connectivity index (χ2v) is 4.01. The molecule has 0 saturated heterocycles. The highest BCUT2D eigenvalue weighted by Gasteiger charge is 2.10. The molecule has 0 fully saturated rings. The third kappa shape index (κ3) is 1.36. The van der Waals surface area contributed by atoms with E-state index in [1.807, 2.05) is 24.3 Å². The van der Waals surface area contributed by atoms with E-state index in [2.05, 4.69) is 0 Å². The fraction of sp³-hybridized carbons (Fsp3) is 0. The van der Waals surface area contributed by atoms with Gasteiger partial charge in [-0.3, -0.25) is 0 Å². The van der Waals surface area contributed by atoms with E-state index < -0.39 is 0 Å². The largest absolute Gasteiger partial charge is 0.507 e. The maximum absolute atomic E-state index is 9.78. The zero-order chi connectivity index (χ0) is 12.0. The van der Waals surface area contributed by atoms with Crippen LogP contribution in [0.1, 0.15) is 0 Å². The van der Waals surface area contributed by atoms with Crippen LogP contribution in [0.5, 0.6) is 17.2 Å². The lowest BCUT2D eigenvalue weighted by atomic mass is 10.0. The van der Waals surface area contributed by atoms with E-state index in [9.17, 15) is 15.3 Å². The molecule has 0 aliphatic heterocycles. The smallest absolute Gasteiger partial charge is 0.165 e. The Hall–Kier alpha value is -2.42. The van der Waals surface area contributed by atoms with Crippen molar-refractivity contribution in [3.63, 3.8) is 0 Å². The van der Waals surface area contributed by atoms with Crippen molar-refractivity contribution in [2.45, 2.75) is 0 Å². The monoisotopic (exact) mass is 226 g/mol. The summed E-state index contributed by atoms with van der Waals surface area (Å²) in [5, 5.41) is 31.9. The van der Waals surface area contributed by atoms with Gasteiger partial charge in [0.05, 0.1) is 0 Å². The third-order valence-electron chi connectivity index (χ3n) is 2.93. The van der Waals surface area contributed by atoms with Gasteiger partial charge in [-0.2, -0.15) is 0 Å². The van der Waals surface area contributed by atoms with E-state index in [-0.39, 0.29) is 17.2 Å². The Labute approximate surface area is 97.2 Å². The van der Waals surface area contributed by atoms with Crippen LogP contribution in [-0.4, -0.2) is 15.3 Å². The van der Waals surface area contributed by atoms with Crippen molar-refractivity contribution >= 4 is 21.5 Å². The minimum atomic E-state index is -0.315. The maximum Gasteiger partial charge on any atom is 0.165 e. The second-order valence-electron chi connectivity index (χ2n) is 4.01. The first-order chi connectivity index (χ1) is 8.16. The van der Waals surface area contributed by atoms with Crippen LogP contribution in [0.25, 0.3) is 21.5 Å². The molecule has 84 valence electrons. The van der Waals surface area contributed by atoms with Crippen molar-refractivity contribution in [3.8, 4) is 17.2 Å². The molecule has 3 heteroatoms. The summed E-state index contributed by atoms with van der Waals surface area (Å²) in [4.78, 5) is 0. The molecule has 0 unspecified atom stereocenters. The van der Waals surface area contributed by atoms with E-state index >= 15 is 0 Å². The van der Waals surface area contributed by atoms with Crippen LogP contribution in [0.2, 0.25) is 0 Å². The Bertz CT molecular complexity index is 732. The molecule has 0 aliphatic rings. The molecule has 0 amide bonds. The van der Waals surface area contributed by atoms with Gasteiger partial charge < -0.3 is 15.3 Å². The summed E-state index contributed by atoms with van der Waals surface area (Å²) < 4.78 is 0. The predicted molar refractivity (Wildman–Crippen MR) is 66.4 cm³/mol. The highest BCUT2D eigenvalue weighted by atomic mass is 16.3. The molecule has 0 saturated carbocycles.